The summed E-state index contributed by atoms with van der Waals surface area (Å²) in [4.78, 5) is 45.6. The molecule has 73 heavy (non-hydrogen) atoms. The first-order valence-corrected chi connectivity index (χ1v) is 25.0. The van der Waals surface area contributed by atoms with Gasteiger partial charge in [0.1, 0.15) is 29.3 Å². The van der Waals surface area contributed by atoms with Crippen LogP contribution in [0.3, 0.4) is 0 Å². The van der Waals surface area contributed by atoms with Crippen molar-refractivity contribution in [3.63, 3.8) is 0 Å². The molecule has 0 atom stereocenters. The second-order valence-corrected chi connectivity index (χ2v) is 21.3. The predicted octanol–water partition coefficient (Wildman–Crippen LogP) is 8.00. The number of nitrogens with zero attached hydrogens (tertiary/aromatic N) is 10. The van der Waals surface area contributed by atoms with Crippen LogP contribution in [0.15, 0.2) is 49.1 Å². The molecule has 2 aromatic carbocycles. The number of phenolic OH excluding ortho intramolecular Hbond substituents is 1. The SMILES string of the molecule is CS(=O)(=O)OCCn1cc(F)cn1.Cc1cc(Cl)cc(O)c1-c1nc(N)nc2c1CN(C(=O)OC(C)(C)C)C2.Cc1cc(Cl)cc(OCCn2cc(F)cn2)c1-c1nc(N)nc2c1CN(C(=O)OC(C)(C)C)C2. The topological polar surface area (TPSA) is 271 Å². The van der Waals surface area contributed by atoms with Crippen LogP contribution in [0.2, 0.25) is 10.0 Å². The highest BCUT2D eigenvalue weighted by Gasteiger charge is 2.34. The van der Waals surface area contributed by atoms with Crippen molar-refractivity contribution in [1.82, 2.24) is 49.3 Å². The molecule has 2 amide bonds. The maximum atomic E-state index is 13.2. The Kier molecular flexibility index (Phi) is 17.1. The van der Waals surface area contributed by atoms with Crippen molar-refractivity contribution >= 4 is 57.4 Å². The molecule has 6 heterocycles. The molecule has 392 valence electrons. The fourth-order valence-electron chi connectivity index (χ4n) is 7.49. The van der Waals surface area contributed by atoms with Gasteiger partial charge in [0, 0.05) is 32.3 Å². The van der Waals surface area contributed by atoms with E-state index in [4.69, 9.17) is 48.9 Å². The molecular formula is C47H56Cl2F2N12O9S. The second-order valence-electron chi connectivity index (χ2n) is 18.8. The third-order valence-electron chi connectivity index (χ3n) is 10.3. The van der Waals surface area contributed by atoms with E-state index < -0.39 is 45.1 Å². The lowest BCUT2D eigenvalue weighted by Gasteiger charge is -2.24. The first-order valence-electron chi connectivity index (χ1n) is 22.4. The van der Waals surface area contributed by atoms with E-state index in [1.54, 1.807) is 23.1 Å². The Labute approximate surface area is 430 Å². The molecule has 26 heteroatoms. The molecule has 2 aliphatic heterocycles. The third-order valence-corrected chi connectivity index (χ3v) is 11.4. The maximum Gasteiger partial charge on any atom is 0.410 e. The van der Waals surface area contributed by atoms with Crippen molar-refractivity contribution in [1.29, 1.82) is 0 Å². The van der Waals surface area contributed by atoms with E-state index in [1.807, 2.05) is 55.4 Å². The Hall–Kier alpha value is -6.89. The zero-order chi connectivity index (χ0) is 53.7. The Bertz CT molecular complexity index is 3100. The average molecular weight is 1070 g/mol. The van der Waals surface area contributed by atoms with Crippen molar-refractivity contribution < 1.29 is 50.3 Å². The molecule has 0 bridgehead atoms. The van der Waals surface area contributed by atoms with Crippen LogP contribution in [-0.4, -0.2) is 106 Å². The Morgan fingerprint density at radius 2 is 1.14 bits per heavy atom. The summed E-state index contributed by atoms with van der Waals surface area (Å²) >= 11 is 12.3. The van der Waals surface area contributed by atoms with E-state index in [9.17, 15) is 31.9 Å². The lowest BCUT2D eigenvalue weighted by atomic mass is 10.00. The van der Waals surface area contributed by atoms with E-state index in [2.05, 4.69) is 34.3 Å². The van der Waals surface area contributed by atoms with Gasteiger partial charge in [0.25, 0.3) is 10.1 Å². The number of hydrogen-bond donors (Lipinski definition) is 3. The van der Waals surface area contributed by atoms with Gasteiger partial charge in [0.05, 0.1) is 99.7 Å². The molecule has 0 aliphatic carbocycles. The molecule has 8 rings (SSSR count). The first-order chi connectivity index (χ1) is 34.0. The van der Waals surface area contributed by atoms with Crippen molar-refractivity contribution in [3.8, 4) is 34.0 Å². The number of fused-ring (bicyclic) bond motifs is 2. The van der Waals surface area contributed by atoms with Crippen LogP contribution >= 0.6 is 23.2 Å². The standard InChI is InChI=1S/C23H26ClFN6O3.C18H21ClN4O3.C6H9FN2O3S/c1-13-7-14(24)8-18(33-6-5-31-10-15(25)9-27-31)19(13)20-16-11-30(22(32)34-23(2,3)4)12-17(16)28-21(26)29-20;1-9-5-10(19)6-13(24)14(9)15-11-7-23(17(25)26-18(2,3)4)8-12(11)21-16(20)22-15;1-13(10,11)12-3-2-9-5-6(7)4-8-9/h7-10H,5-6,11-12H2,1-4H3,(H2,26,28,29);5-6,24H,7-8H2,1-4H3,(H2,20,21,22);4-5H,2-3H2,1H3. The van der Waals surface area contributed by atoms with Gasteiger partial charge in [-0.15, -0.1) is 0 Å². The fourth-order valence-corrected chi connectivity index (χ4v) is 8.40. The fraction of sp³-hybridized carbons (Fsp3) is 0.404. The number of amides is 2. The van der Waals surface area contributed by atoms with Gasteiger partial charge in [-0.25, -0.2) is 38.3 Å². The van der Waals surface area contributed by atoms with E-state index in [0.29, 0.717) is 56.2 Å². The molecule has 0 unspecified atom stereocenters. The second kappa shape index (κ2) is 22.5. The average Bonchev–Trinajstić information content (AvgIpc) is 4.06. The van der Waals surface area contributed by atoms with Gasteiger partial charge in [-0.3, -0.25) is 23.3 Å². The number of anilines is 2. The third kappa shape index (κ3) is 15.3. The van der Waals surface area contributed by atoms with Crippen molar-refractivity contribution in [2.75, 3.05) is 30.9 Å². The van der Waals surface area contributed by atoms with Gasteiger partial charge < -0.3 is 30.8 Å². The molecule has 0 saturated carbocycles. The zero-order valence-corrected chi connectivity index (χ0v) is 43.9. The Balaban J connectivity index is 0.000000196. The van der Waals surface area contributed by atoms with Crippen LogP contribution in [0.5, 0.6) is 11.5 Å². The quantitative estimate of drug-likeness (QED) is 0.110. The molecule has 4 aromatic heterocycles. The summed E-state index contributed by atoms with van der Waals surface area (Å²) in [5, 5.41) is 18.8. The molecule has 0 saturated heterocycles. The molecule has 0 fully saturated rings. The van der Waals surface area contributed by atoms with Crippen LogP contribution in [0, 0.1) is 25.5 Å². The highest BCUT2D eigenvalue weighted by molar-refractivity contribution is 7.85. The number of halogens is 4. The summed E-state index contributed by atoms with van der Waals surface area (Å²) in [6.07, 6.45) is 4.71. The van der Waals surface area contributed by atoms with Crippen LogP contribution in [0.25, 0.3) is 22.5 Å². The first kappa shape index (κ1) is 55.4. The Morgan fingerprint density at radius 3 is 1.56 bits per heavy atom. The summed E-state index contributed by atoms with van der Waals surface area (Å²) in [5.41, 5.74) is 17.4. The molecule has 5 N–H and O–H groups in total. The normalized spacial score (nSPS) is 13.1. The van der Waals surface area contributed by atoms with Gasteiger partial charge in [-0.1, -0.05) is 23.2 Å². The van der Waals surface area contributed by atoms with Gasteiger partial charge in [0.15, 0.2) is 11.6 Å². The summed E-state index contributed by atoms with van der Waals surface area (Å²) in [5.74, 6) is -0.203. The summed E-state index contributed by atoms with van der Waals surface area (Å²) in [6, 6.07) is 6.69. The van der Waals surface area contributed by atoms with Crippen molar-refractivity contribution in [2.24, 2.45) is 0 Å². The summed E-state index contributed by atoms with van der Waals surface area (Å²) in [6.45, 7) is 16.4. The van der Waals surface area contributed by atoms with E-state index >= 15 is 0 Å². The van der Waals surface area contributed by atoms with Crippen LogP contribution in [0.1, 0.15) is 75.2 Å². The summed E-state index contributed by atoms with van der Waals surface area (Å²) in [7, 11) is -3.42. The van der Waals surface area contributed by atoms with Crippen molar-refractivity contribution in [2.45, 2.75) is 106 Å². The number of aryl methyl sites for hydroxylation is 2. The largest absolute Gasteiger partial charge is 0.507 e. The molecule has 6 aromatic rings. The summed E-state index contributed by atoms with van der Waals surface area (Å²) < 4.78 is 70.7. The molecule has 2 aliphatic rings. The minimum absolute atomic E-state index is 0.00557. The number of ether oxygens (including phenoxy) is 3. The van der Waals surface area contributed by atoms with Crippen molar-refractivity contribution in [3.05, 3.63) is 104 Å². The van der Waals surface area contributed by atoms with Gasteiger partial charge in [-0.2, -0.15) is 18.6 Å². The highest BCUT2D eigenvalue weighted by atomic mass is 35.5. The molecule has 0 spiro atoms. The highest BCUT2D eigenvalue weighted by Crippen LogP contribution is 2.41. The minimum Gasteiger partial charge on any atom is -0.507 e. The minimum atomic E-state index is -3.42. The lowest BCUT2D eigenvalue weighted by molar-refractivity contribution is 0.0231. The van der Waals surface area contributed by atoms with E-state index in [0.717, 1.165) is 47.1 Å². The van der Waals surface area contributed by atoms with Crippen LogP contribution < -0.4 is 16.2 Å². The zero-order valence-electron chi connectivity index (χ0n) is 41.5. The van der Waals surface area contributed by atoms with Gasteiger partial charge in [-0.05, 0) is 90.8 Å². The monoisotopic (exact) mass is 1070 g/mol. The smallest absolute Gasteiger partial charge is 0.410 e. The number of nitrogen functional groups attached to an aromatic ring is 2. The number of carbonyl (C=O) groups excluding carboxylic acids is 2. The van der Waals surface area contributed by atoms with Gasteiger partial charge in [0.2, 0.25) is 11.9 Å². The Morgan fingerprint density at radius 1 is 0.699 bits per heavy atom. The molecule has 21 nitrogen and oxygen atoms in total. The number of nitrogens with two attached hydrogens (primary N) is 2. The maximum absolute atomic E-state index is 13.2. The van der Waals surface area contributed by atoms with E-state index in [1.165, 1.54) is 26.5 Å². The van der Waals surface area contributed by atoms with Gasteiger partial charge >= 0.3 is 12.2 Å². The van der Waals surface area contributed by atoms with Crippen LogP contribution in [0.4, 0.5) is 30.3 Å². The number of hydrogen-bond acceptors (Lipinski definition) is 17. The van der Waals surface area contributed by atoms with Crippen LogP contribution in [-0.2, 0) is 63.0 Å². The number of aromatic hydroxyl groups is 1. The number of carbonyl (C=O) groups is 2. The molecular weight excluding hydrogens is 1020 g/mol. The predicted molar refractivity (Wildman–Crippen MR) is 267 cm³/mol. The number of benzene rings is 2. The number of phenols is 1. The number of rotatable bonds is 10. The molecule has 0 radical (unpaired) electrons. The van der Waals surface area contributed by atoms with E-state index in [-0.39, 0.29) is 63.6 Å². The lowest BCUT2D eigenvalue weighted by Crippen LogP contribution is -2.33. The number of aromatic nitrogens is 8.